The van der Waals surface area contributed by atoms with Gasteiger partial charge in [0.05, 0.1) is 49.7 Å². The lowest BCUT2D eigenvalue weighted by Gasteiger charge is -2.33. The molecule has 1 aromatic carbocycles. The minimum Gasteiger partial charge on any atom is -0.496 e. The van der Waals surface area contributed by atoms with E-state index in [9.17, 15) is 23.9 Å². The zero-order valence-corrected chi connectivity index (χ0v) is 25.0. The second-order valence-corrected chi connectivity index (χ2v) is 12.5. The Balaban J connectivity index is 1.57. The van der Waals surface area contributed by atoms with Gasteiger partial charge in [-0.05, 0) is 64.7 Å². The number of benzene rings is 1. The highest BCUT2D eigenvalue weighted by atomic mass is 32.1. The maximum Gasteiger partial charge on any atom is 0.333 e. The third-order valence-corrected chi connectivity index (χ3v) is 9.64. The fourth-order valence-corrected chi connectivity index (χ4v) is 7.31. The molecule has 2 saturated heterocycles. The Bertz CT molecular complexity index is 1800. The molecule has 3 aromatic heterocycles. The van der Waals surface area contributed by atoms with Gasteiger partial charge in [0.15, 0.2) is 0 Å². The first-order valence-corrected chi connectivity index (χ1v) is 14.8. The average molecular weight is 614 g/mol. The predicted octanol–water partition coefficient (Wildman–Crippen LogP) is 3.55. The summed E-state index contributed by atoms with van der Waals surface area (Å²) in [5.74, 6) is -1.49. The lowest BCUT2D eigenvalue weighted by Crippen LogP contribution is -2.52. The monoisotopic (exact) mass is 613 g/mol. The smallest absolute Gasteiger partial charge is 0.333 e. The summed E-state index contributed by atoms with van der Waals surface area (Å²) < 4.78 is 35.0. The normalized spacial score (nSPS) is 20.9. The van der Waals surface area contributed by atoms with Crippen molar-refractivity contribution in [3.63, 3.8) is 0 Å². The highest BCUT2D eigenvalue weighted by Crippen LogP contribution is 2.39. The molecule has 0 spiro atoms. The van der Waals surface area contributed by atoms with Gasteiger partial charge in [-0.3, -0.25) is 9.36 Å². The summed E-state index contributed by atoms with van der Waals surface area (Å²) >= 11 is 1.13. The van der Waals surface area contributed by atoms with Crippen LogP contribution in [-0.2, 0) is 26.4 Å². The van der Waals surface area contributed by atoms with Gasteiger partial charge in [0.1, 0.15) is 33.0 Å². The van der Waals surface area contributed by atoms with Crippen LogP contribution in [0.3, 0.4) is 0 Å². The molecule has 2 aliphatic heterocycles. The molecule has 3 atom stereocenters. The van der Waals surface area contributed by atoms with Gasteiger partial charge >= 0.3 is 11.7 Å². The van der Waals surface area contributed by atoms with Crippen LogP contribution in [-0.4, -0.2) is 60.6 Å². The van der Waals surface area contributed by atoms with E-state index in [2.05, 4.69) is 10.2 Å². The number of carboxylic acid groups (broad SMARTS) is 1. The molecule has 0 unspecified atom stereocenters. The quantitative estimate of drug-likeness (QED) is 0.300. The molecule has 43 heavy (non-hydrogen) atoms. The topological polar surface area (TPSA) is 140 Å². The maximum absolute atomic E-state index is 14.7. The lowest BCUT2D eigenvalue weighted by molar-refractivity contribution is -0.146. The van der Waals surface area contributed by atoms with Crippen LogP contribution in [0, 0.1) is 12.7 Å². The summed E-state index contributed by atoms with van der Waals surface area (Å²) in [4.78, 5) is 42.1. The minimum absolute atomic E-state index is 0.0654. The number of nitrogens with zero attached hydrogens (tertiary/aromatic N) is 5. The van der Waals surface area contributed by atoms with Crippen molar-refractivity contribution in [2.75, 3.05) is 7.11 Å². The summed E-state index contributed by atoms with van der Waals surface area (Å²) in [5, 5.41) is 19.1. The number of ether oxygens (including phenoxy) is 3. The number of aliphatic carboxylic acids is 1. The number of carbonyl (C=O) groups is 1. The van der Waals surface area contributed by atoms with Gasteiger partial charge in [-0.25, -0.2) is 18.5 Å². The van der Waals surface area contributed by atoms with Crippen LogP contribution in [0.15, 0.2) is 40.2 Å². The highest BCUT2D eigenvalue weighted by molar-refractivity contribution is 7.21. The SMILES string of the molecule is COc1ccc(F)cc1[C@H](Cn1c(=O)n(C(C)(C)C(=O)O)c(=O)c2c(C)c(-n3nccn3)sc21)OC1C[C@H]2CC[C@H](C1)O2. The highest BCUT2D eigenvalue weighted by Gasteiger charge is 2.39. The van der Waals surface area contributed by atoms with Crippen molar-refractivity contribution in [3.05, 3.63) is 68.4 Å². The first kappa shape index (κ1) is 29.2. The third kappa shape index (κ3) is 5.06. The number of aryl methyl sites for hydroxylation is 1. The van der Waals surface area contributed by atoms with Gasteiger partial charge in [0, 0.05) is 11.1 Å². The number of fused-ring (bicyclic) bond motifs is 3. The van der Waals surface area contributed by atoms with E-state index < -0.39 is 34.7 Å². The van der Waals surface area contributed by atoms with Crippen molar-refractivity contribution >= 4 is 27.5 Å². The number of hydrogen-bond acceptors (Lipinski definition) is 9. The standard InChI is InChI=1S/C29H32FN5O7S/c1-15-23-24(36)34(29(2,3)27(37)38)28(39)33(26(23)43-25(15)35-31-9-10-32-35)14-22(20-11-16(30)5-8-21(20)40-4)42-19-12-17-6-7-18(13-19)41-17/h5,8-11,17-19,22H,6-7,12-14H2,1-4H3,(H,37,38)/t17-,18-,22+/m1/s1. The molecular formula is C29H32FN5O7S. The largest absolute Gasteiger partial charge is 0.496 e. The summed E-state index contributed by atoms with van der Waals surface area (Å²) in [6.45, 7) is 4.15. The van der Waals surface area contributed by atoms with Crippen molar-refractivity contribution in [2.24, 2.45) is 0 Å². The summed E-state index contributed by atoms with van der Waals surface area (Å²) in [7, 11) is 1.47. The second kappa shape index (κ2) is 11.0. The van der Waals surface area contributed by atoms with Gasteiger partial charge in [-0.15, -0.1) is 4.80 Å². The molecule has 6 rings (SSSR count). The van der Waals surface area contributed by atoms with Crippen molar-refractivity contribution in [2.45, 2.75) is 83.0 Å². The molecule has 12 nitrogen and oxygen atoms in total. The third-order valence-electron chi connectivity index (χ3n) is 8.36. The van der Waals surface area contributed by atoms with Crippen molar-refractivity contribution in [1.29, 1.82) is 0 Å². The Morgan fingerprint density at radius 3 is 2.51 bits per heavy atom. The lowest BCUT2D eigenvalue weighted by atomic mass is 10.0. The maximum atomic E-state index is 14.7. The van der Waals surface area contributed by atoms with Crippen LogP contribution in [0.1, 0.15) is 56.8 Å². The molecule has 0 radical (unpaired) electrons. The van der Waals surface area contributed by atoms with Crippen molar-refractivity contribution in [3.8, 4) is 10.8 Å². The van der Waals surface area contributed by atoms with Gasteiger partial charge in [0.25, 0.3) is 5.56 Å². The first-order chi connectivity index (χ1) is 20.5. The van der Waals surface area contributed by atoms with Gasteiger partial charge in [-0.1, -0.05) is 11.3 Å². The Labute approximate surface area is 249 Å². The summed E-state index contributed by atoms with van der Waals surface area (Å²) in [5.41, 5.74) is -2.57. The Kier molecular flexibility index (Phi) is 7.47. The molecule has 0 amide bonds. The molecule has 4 aromatic rings. The summed E-state index contributed by atoms with van der Waals surface area (Å²) in [6.07, 6.45) is 5.16. The number of aromatic nitrogens is 5. The number of methoxy groups -OCH3 is 1. The zero-order chi connectivity index (χ0) is 30.6. The molecule has 228 valence electrons. The van der Waals surface area contributed by atoms with Gasteiger partial charge in [0.2, 0.25) is 0 Å². The fraction of sp³-hybridized carbons (Fsp3) is 0.483. The Morgan fingerprint density at radius 2 is 1.88 bits per heavy atom. The molecule has 0 saturated carbocycles. The molecule has 2 aliphatic rings. The van der Waals surface area contributed by atoms with E-state index in [-0.39, 0.29) is 30.2 Å². The van der Waals surface area contributed by atoms with Crippen LogP contribution in [0.4, 0.5) is 4.39 Å². The van der Waals surface area contributed by atoms with Crippen LogP contribution >= 0.6 is 11.3 Å². The van der Waals surface area contributed by atoms with E-state index in [0.29, 0.717) is 39.5 Å². The van der Waals surface area contributed by atoms with E-state index in [1.165, 1.54) is 60.9 Å². The molecule has 5 heterocycles. The molecular weight excluding hydrogens is 581 g/mol. The van der Waals surface area contributed by atoms with E-state index >= 15 is 0 Å². The fourth-order valence-electron chi connectivity index (χ4n) is 6.09. The summed E-state index contributed by atoms with van der Waals surface area (Å²) in [6, 6.07) is 4.09. The van der Waals surface area contributed by atoms with Crippen LogP contribution in [0.5, 0.6) is 5.75 Å². The van der Waals surface area contributed by atoms with Gasteiger partial charge in [-0.2, -0.15) is 10.2 Å². The molecule has 2 bridgehead atoms. The first-order valence-electron chi connectivity index (χ1n) is 14.0. The van der Waals surface area contributed by atoms with E-state index in [1.807, 2.05) is 0 Å². The molecule has 2 fully saturated rings. The zero-order valence-electron chi connectivity index (χ0n) is 24.2. The van der Waals surface area contributed by atoms with Crippen LogP contribution < -0.4 is 16.0 Å². The number of hydrogen-bond donors (Lipinski definition) is 1. The van der Waals surface area contributed by atoms with E-state index in [1.54, 1.807) is 6.92 Å². The van der Waals surface area contributed by atoms with Gasteiger partial charge < -0.3 is 19.3 Å². The Morgan fingerprint density at radius 1 is 1.21 bits per heavy atom. The molecule has 14 heteroatoms. The minimum atomic E-state index is -1.88. The number of thiophene rings is 1. The van der Waals surface area contributed by atoms with Crippen LogP contribution in [0.2, 0.25) is 0 Å². The van der Waals surface area contributed by atoms with Crippen LogP contribution in [0.25, 0.3) is 15.2 Å². The number of halogens is 1. The second-order valence-electron chi connectivity index (χ2n) is 11.5. The number of rotatable bonds is 9. The van der Waals surface area contributed by atoms with Crippen molar-refractivity contribution in [1.82, 2.24) is 24.1 Å². The van der Waals surface area contributed by atoms with Crippen molar-refractivity contribution < 1.29 is 28.5 Å². The number of carboxylic acids is 1. The average Bonchev–Trinajstić information content (AvgIpc) is 3.69. The molecule has 1 N–H and O–H groups in total. The van der Waals surface area contributed by atoms with E-state index in [0.717, 1.165) is 28.7 Å². The predicted molar refractivity (Wildman–Crippen MR) is 155 cm³/mol. The molecule has 0 aliphatic carbocycles. The van der Waals surface area contributed by atoms with E-state index in [4.69, 9.17) is 14.2 Å². The Hall–Kier alpha value is -3.88.